The Morgan fingerprint density at radius 3 is 2.32 bits per heavy atom. The Bertz CT molecular complexity index is 852. The van der Waals surface area contributed by atoms with Crippen LogP contribution in [-0.4, -0.2) is 37.9 Å². The number of hydrogen-bond acceptors (Lipinski definition) is 4. The van der Waals surface area contributed by atoms with Crippen molar-refractivity contribution in [2.45, 2.75) is 26.4 Å². The fraction of sp³-hybridized carbons (Fsp3) is 0.350. The second kappa shape index (κ2) is 8.28. The molecule has 132 valence electrons. The summed E-state index contributed by atoms with van der Waals surface area (Å²) in [5, 5.41) is 9.23. The molecule has 0 aliphatic carbocycles. The molecule has 2 rings (SSSR count). The first kappa shape index (κ1) is 19.2. The summed E-state index contributed by atoms with van der Waals surface area (Å²) in [6.07, 6.45) is 1.28. The van der Waals surface area contributed by atoms with Gasteiger partial charge in [0.15, 0.2) is 0 Å². The maximum atomic E-state index is 11.5. The van der Waals surface area contributed by atoms with Gasteiger partial charge in [0.05, 0.1) is 17.4 Å². The zero-order valence-electron chi connectivity index (χ0n) is 14.9. The van der Waals surface area contributed by atoms with Gasteiger partial charge in [0.25, 0.3) is 0 Å². The summed E-state index contributed by atoms with van der Waals surface area (Å²) in [5.41, 5.74) is 3.72. The number of nitrogens with zero attached hydrogens (tertiary/aromatic N) is 2. The van der Waals surface area contributed by atoms with E-state index in [0.29, 0.717) is 12.1 Å². The van der Waals surface area contributed by atoms with Crippen molar-refractivity contribution in [3.63, 3.8) is 0 Å². The van der Waals surface area contributed by atoms with Gasteiger partial charge in [0.1, 0.15) is 9.84 Å². The van der Waals surface area contributed by atoms with Crippen LogP contribution in [0.1, 0.15) is 25.0 Å². The summed E-state index contributed by atoms with van der Waals surface area (Å²) < 4.78 is 23.0. The maximum absolute atomic E-state index is 11.5. The minimum atomic E-state index is -2.99. The van der Waals surface area contributed by atoms with Crippen molar-refractivity contribution < 1.29 is 8.42 Å². The molecule has 0 N–H and O–H groups in total. The van der Waals surface area contributed by atoms with E-state index in [4.69, 9.17) is 0 Å². The fourth-order valence-corrected chi connectivity index (χ4v) is 4.07. The van der Waals surface area contributed by atoms with Gasteiger partial charge in [-0.25, -0.2) is 8.42 Å². The minimum Gasteiger partial charge on any atom is -0.296 e. The molecule has 5 heteroatoms. The van der Waals surface area contributed by atoms with Crippen molar-refractivity contribution in [3.05, 3.63) is 59.7 Å². The molecule has 1 unspecified atom stereocenters. The molecule has 0 aromatic heterocycles. The van der Waals surface area contributed by atoms with Crippen molar-refractivity contribution in [3.8, 4) is 17.2 Å². The van der Waals surface area contributed by atoms with Crippen molar-refractivity contribution in [1.82, 2.24) is 4.90 Å². The Balaban J connectivity index is 2.15. The van der Waals surface area contributed by atoms with E-state index >= 15 is 0 Å². The second-order valence-electron chi connectivity index (χ2n) is 6.36. The van der Waals surface area contributed by atoms with Gasteiger partial charge < -0.3 is 0 Å². The predicted molar refractivity (Wildman–Crippen MR) is 102 cm³/mol. The molecule has 0 aliphatic rings. The number of benzene rings is 2. The minimum absolute atomic E-state index is 0.0287. The fourth-order valence-electron chi connectivity index (χ4n) is 2.98. The first-order valence-corrected chi connectivity index (χ1v) is 10.4. The lowest BCUT2D eigenvalue weighted by atomic mass is 9.99. The van der Waals surface area contributed by atoms with E-state index < -0.39 is 9.84 Å². The van der Waals surface area contributed by atoms with Crippen LogP contribution in [0.2, 0.25) is 0 Å². The summed E-state index contributed by atoms with van der Waals surface area (Å²) >= 11 is 0. The lowest BCUT2D eigenvalue weighted by molar-refractivity contribution is 0.226. The summed E-state index contributed by atoms with van der Waals surface area (Å²) in [6.45, 7) is 5.47. The van der Waals surface area contributed by atoms with Crippen LogP contribution in [0.15, 0.2) is 48.5 Å². The molecule has 0 fully saturated rings. The van der Waals surface area contributed by atoms with Gasteiger partial charge in [-0.1, -0.05) is 49.4 Å². The molecular formula is C20H24N2O2S. The van der Waals surface area contributed by atoms with E-state index in [1.807, 2.05) is 62.4 Å². The molecule has 2 aromatic rings. The van der Waals surface area contributed by atoms with Gasteiger partial charge in [-0.15, -0.1) is 0 Å². The number of nitriles is 1. The highest BCUT2D eigenvalue weighted by molar-refractivity contribution is 7.90. The molecule has 0 aliphatic heterocycles. The number of rotatable bonds is 7. The summed E-state index contributed by atoms with van der Waals surface area (Å²) in [4.78, 5) is 2.15. The molecule has 0 saturated heterocycles. The maximum Gasteiger partial charge on any atom is 0.148 e. The van der Waals surface area contributed by atoms with Crippen LogP contribution < -0.4 is 0 Å². The Morgan fingerprint density at radius 2 is 1.76 bits per heavy atom. The van der Waals surface area contributed by atoms with Gasteiger partial charge >= 0.3 is 0 Å². The SMILES string of the molecule is CCN(Cc1ccc(-c2ccccc2C#N)cc1)C(C)CS(C)(=O)=O. The second-order valence-corrected chi connectivity index (χ2v) is 8.54. The quantitative estimate of drug-likeness (QED) is 0.762. The third kappa shape index (κ3) is 5.42. The van der Waals surface area contributed by atoms with Gasteiger partial charge in [-0.05, 0) is 36.2 Å². The highest BCUT2D eigenvalue weighted by Crippen LogP contribution is 2.24. The van der Waals surface area contributed by atoms with Crippen LogP contribution in [0.25, 0.3) is 11.1 Å². The summed E-state index contributed by atoms with van der Waals surface area (Å²) in [7, 11) is -2.99. The lowest BCUT2D eigenvalue weighted by Gasteiger charge is -2.27. The molecule has 0 radical (unpaired) electrons. The number of sulfone groups is 1. The van der Waals surface area contributed by atoms with Gasteiger partial charge in [0.2, 0.25) is 0 Å². The van der Waals surface area contributed by atoms with E-state index in [-0.39, 0.29) is 11.8 Å². The molecule has 0 amide bonds. The standard InChI is InChI=1S/C20H24N2O2S/c1-4-22(16(2)15-25(3,23)24)14-17-9-11-18(12-10-17)20-8-6-5-7-19(20)13-21/h5-12,16H,4,14-15H2,1-3H3. The molecule has 0 spiro atoms. The van der Waals surface area contributed by atoms with E-state index in [9.17, 15) is 13.7 Å². The molecular weight excluding hydrogens is 332 g/mol. The third-order valence-electron chi connectivity index (χ3n) is 4.27. The third-order valence-corrected chi connectivity index (χ3v) is 5.36. The van der Waals surface area contributed by atoms with Gasteiger partial charge in [-0.3, -0.25) is 4.90 Å². The zero-order chi connectivity index (χ0) is 18.4. The van der Waals surface area contributed by atoms with Crippen molar-refractivity contribution in [1.29, 1.82) is 5.26 Å². The first-order chi connectivity index (χ1) is 11.8. The Labute approximate surface area is 150 Å². The first-order valence-electron chi connectivity index (χ1n) is 8.34. The lowest BCUT2D eigenvalue weighted by Crippen LogP contribution is -2.37. The van der Waals surface area contributed by atoms with E-state index in [2.05, 4.69) is 11.0 Å². The molecule has 0 bridgehead atoms. The largest absolute Gasteiger partial charge is 0.296 e. The summed E-state index contributed by atoms with van der Waals surface area (Å²) in [6, 6.07) is 17.8. The average molecular weight is 356 g/mol. The molecule has 0 saturated carbocycles. The van der Waals surface area contributed by atoms with Crippen LogP contribution in [0.3, 0.4) is 0 Å². The van der Waals surface area contributed by atoms with E-state index in [0.717, 1.165) is 23.2 Å². The number of hydrogen-bond donors (Lipinski definition) is 0. The normalized spacial score (nSPS) is 12.8. The Morgan fingerprint density at radius 1 is 1.12 bits per heavy atom. The molecule has 0 heterocycles. The van der Waals surface area contributed by atoms with Crippen molar-refractivity contribution in [2.75, 3.05) is 18.6 Å². The van der Waals surface area contributed by atoms with Crippen LogP contribution in [0, 0.1) is 11.3 Å². The highest BCUT2D eigenvalue weighted by Gasteiger charge is 2.17. The van der Waals surface area contributed by atoms with Gasteiger partial charge in [0, 0.05) is 18.8 Å². The summed E-state index contributed by atoms with van der Waals surface area (Å²) in [5.74, 6) is 0.161. The van der Waals surface area contributed by atoms with Crippen molar-refractivity contribution in [2.24, 2.45) is 0 Å². The Hall–Kier alpha value is -2.16. The monoisotopic (exact) mass is 356 g/mol. The van der Waals surface area contributed by atoms with Gasteiger partial charge in [-0.2, -0.15) is 5.26 Å². The van der Waals surface area contributed by atoms with Crippen molar-refractivity contribution >= 4 is 9.84 Å². The molecule has 2 aromatic carbocycles. The molecule has 1 atom stereocenters. The van der Waals surface area contributed by atoms with Crippen LogP contribution >= 0.6 is 0 Å². The van der Waals surface area contributed by atoms with Crippen LogP contribution in [0.4, 0.5) is 0 Å². The Kier molecular flexibility index (Phi) is 6.35. The molecule has 4 nitrogen and oxygen atoms in total. The topological polar surface area (TPSA) is 61.2 Å². The van der Waals surface area contributed by atoms with Crippen LogP contribution in [0.5, 0.6) is 0 Å². The average Bonchev–Trinajstić information content (AvgIpc) is 2.58. The predicted octanol–water partition coefficient (Wildman–Crippen LogP) is 3.48. The van der Waals surface area contributed by atoms with E-state index in [1.165, 1.54) is 6.26 Å². The molecule has 25 heavy (non-hydrogen) atoms. The van der Waals surface area contributed by atoms with E-state index in [1.54, 1.807) is 0 Å². The zero-order valence-corrected chi connectivity index (χ0v) is 15.8. The highest BCUT2D eigenvalue weighted by atomic mass is 32.2. The van der Waals surface area contributed by atoms with Crippen LogP contribution in [-0.2, 0) is 16.4 Å². The smallest absolute Gasteiger partial charge is 0.148 e.